The lowest BCUT2D eigenvalue weighted by molar-refractivity contribution is -0.121. The first-order valence-electron chi connectivity index (χ1n) is 11.3. The van der Waals surface area contributed by atoms with E-state index in [4.69, 9.17) is 9.47 Å². The number of hydrogen-bond donors (Lipinski definition) is 2. The Morgan fingerprint density at radius 1 is 0.971 bits per heavy atom. The molecule has 0 saturated carbocycles. The van der Waals surface area contributed by atoms with Crippen LogP contribution < -0.4 is 19.5 Å². The van der Waals surface area contributed by atoms with Crippen LogP contribution in [0.5, 0.6) is 11.5 Å². The normalized spacial score (nSPS) is 15.1. The number of nitrogens with one attached hydrogen (secondary N) is 2. The molecular formula is C24H34N4O5S. The van der Waals surface area contributed by atoms with E-state index in [2.05, 4.69) is 39.0 Å². The SMILES string of the molecule is COc1ccc(S(=O)(=O)NCCC(=O)NCc2cccc(CN3CCN(C)CC3)c2)cc1OC. The van der Waals surface area contributed by atoms with Crippen molar-refractivity contribution in [3.05, 3.63) is 53.6 Å². The number of nitrogens with zero attached hydrogens (tertiary/aromatic N) is 2. The number of sulfonamides is 1. The van der Waals surface area contributed by atoms with Crippen LogP contribution in [-0.2, 0) is 27.9 Å². The van der Waals surface area contributed by atoms with Crippen molar-refractivity contribution >= 4 is 15.9 Å². The molecule has 1 fully saturated rings. The summed E-state index contributed by atoms with van der Waals surface area (Å²) in [7, 11) is 1.28. The molecule has 1 saturated heterocycles. The Kier molecular flexibility index (Phi) is 9.28. The van der Waals surface area contributed by atoms with E-state index < -0.39 is 10.0 Å². The van der Waals surface area contributed by atoms with Gasteiger partial charge in [-0.15, -0.1) is 0 Å². The van der Waals surface area contributed by atoms with Crippen molar-refractivity contribution in [2.75, 3.05) is 54.0 Å². The minimum absolute atomic E-state index is 0.00798. The van der Waals surface area contributed by atoms with E-state index in [9.17, 15) is 13.2 Å². The van der Waals surface area contributed by atoms with Crippen LogP contribution in [0.1, 0.15) is 17.5 Å². The number of likely N-dealkylation sites (N-methyl/N-ethyl adjacent to an activating group) is 1. The first-order chi connectivity index (χ1) is 16.3. The Hall–Kier alpha value is -2.66. The monoisotopic (exact) mass is 490 g/mol. The molecule has 0 atom stereocenters. The molecule has 186 valence electrons. The second kappa shape index (κ2) is 12.2. The lowest BCUT2D eigenvalue weighted by atomic mass is 10.1. The van der Waals surface area contributed by atoms with E-state index in [1.165, 1.54) is 38.0 Å². The summed E-state index contributed by atoms with van der Waals surface area (Å²) < 4.78 is 37.8. The van der Waals surface area contributed by atoms with Gasteiger partial charge < -0.3 is 19.7 Å². The van der Waals surface area contributed by atoms with Crippen molar-refractivity contribution in [2.24, 2.45) is 0 Å². The molecule has 9 nitrogen and oxygen atoms in total. The zero-order valence-electron chi connectivity index (χ0n) is 20.0. The predicted molar refractivity (Wildman–Crippen MR) is 130 cm³/mol. The number of methoxy groups -OCH3 is 2. The largest absolute Gasteiger partial charge is 0.493 e. The predicted octanol–water partition coefficient (Wildman–Crippen LogP) is 1.44. The molecule has 3 rings (SSSR count). The zero-order valence-corrected chi connectivity index (χ0v) is 20.9. The van der Waals surface area contributed by atoms with Crippen LogP contribution in [0, 0.1) is 0 Å². The van der Waals surface area contributed by atoms with Crippen molar-refractivity contribution in [3.63, 3.8) is 0 Å². The van der Waals surface area contributed by atoms with Gasteiger partial charge in [0.25, 0.3) is 0 Å². The molecule has 2 aromatic carbocycles. The van der Waals surface area contributed by atoms with Crippen molar-refractivity contribution in [3.8, 4) is 11.5 Å². The summed E-state index contributed by atoms with van der Waals surface area (Å²) in [5, 5.41) is 2.86. The number of carbonyl (C=O) groups excluding carboxylic acids is 1. The highest BCUT2D eigenvalue weighted by Crippen LogP contribution is 2.29. The highest BCUT2D eigenvalue weighted by Gasteiger charge is 2.17. The van der Waals surface area contributed by atoms with Gasteiger partial charge in [-0.2, -0.15) is 0 Å². The summed E-state index contributed by atoms with van der Waals surface area (Å²) in [5.74, 6) is 0.533. The van der Waals surface area contributed by atoms with Gasteiger partial charge in [0.2, 0.25) is 15.9 Å². The lowest BCUT2D eigenvalue weighted by Crippen LogP contribution is -2.43. The van der Waals surface area contributed by atoms with Crippen LogP contribution >= 0.6 is 0 Å². The molecule has 1 amide bonds. The van der Waals surface area contributed by atoms with Crippen LogP contribution in [0.25, 0.3) is 0 Å². The van der Waals surface area contributed by atoms with Gasteiger partial charge in [-0.1, -0.05) is 24.3 Å². The fraction of sp³-hybridized carbons (Fsp3) is 0.458. The third kappa shape index (κ3) is 7.42. The number of amides is 1. The summed E-state index contributed by atoms with van der Waals surface area (Å²) >= 11 is 0. The molecule has 0 aromatic heterocycles. The Balaban J connectivity index is 1.45. The lowest BCUT2D eigenvalue weighted by Gasteiger charge is -2.32. The number of piperazine rings is 1. The maximum absolute atomic E-state index is 12.5. The van der Waals surface area contributed by atoms with Gasteiger partial charge in [0.15, 0.2) is 11.5 Å². The molecular weight excluding hydrogens is 456 g/mol. The number of ether oxygens (including phenoxy) is 2. The number of carbonyl (C=O) groups is 1. The van der Waals surface area contributed by atoms with Crippen molar-refractivity contribution in [1.82, 2.24) is 19.8 Å². The zero-order chi connectivity index (χ0) is 24.6. The molecule has 2 N–H and O–H groups in total. The molecule has 0 radical (unpaired) electrons. The second-order valence-corrected chi connectivity index (χ2v) is 10.1. The van der Waals surface area contributed by atoms with Crippen LogP contribution in [0.4, 0.5) is 0 Å². The quantitative estimate of drug-likeness (QED) is 0.492. The number of hydrogen-bond acceptors (Lipinski definition) is 7. The first kappa shape index (κ1) is 26.0. The molecule has 1 heterocycles. The van der Waals surface area contributed by atoms with Crippen LogP contribution in [-0.4, -0.2) is 78.1 Å². The molecule has 34 heavy (non-hydrogen) atoms. The summed E-state index contributed by atoms with van der Waals surface area (Å²) in [6.45, 7) is 5.54. The standard InChI is InChI=1S/C24H34N4O5S/c1-27-11-13-28(14-12-27)18-20-6-4-5-19(15-20)17-25-24(29)9-10-26-34(30,31)21-7-8-22(32-2)23(16-21)33-3/h4-8,15-16,26H,9-14,17-18H2,1-3H3,(H,25,29). The minimum atomic E-state index is -3.78. The maximum Gasteiger partial charge on any atom is 0.240 e. The molecule has 0 bridgehead atoms. The van der Waals surface area contributed by atoms with Gasteiger partial charge in [0, 0.05) is 58.3 Å². The van der Waals surface area contributed by atoms with Crippen LogP contribution in [0.15, 0.2) is 47.4 Å². The van der Waals surface area contributed by atoms with E-state index in [1.807, 2.05) is 12.1 Å². The Morgan fingerprint density at radius 2 is 1.68 bits per heavy atom. The fourth-order valence-electron chi connectivity index (χ4n) is 3.76. The van der Waals surface area contributed by atoms with Crippen LogP contribution in [0.2, 0.25) is 0 Å². The average molecular weight is 491 g/mol. The van der Waals surface area contributed by atoms with Gasteiger partial charge in [-0.25, -0.2) is 13.1 Å². The van der Waals surface area contributed by atoms with Crippen molar-refractivity contribution < 1.29 is 22.7 Å². The fourth-order valence-corrected chi connectivity index (χ4v) is 4.80. The summed E-state index contributed by atoms with van der Waals surface area (Å²) in [6, 6.07) is 12.5. The smallest absolute Gasteiger partial charge is 0.240 e. The first-order valence-corrected chi connectivity index (χ1v) is 12.8. The summed E-state index contributed by atoms with van der Waals surface area (Å²) in [4.78, 5) is 17.1. The van der Waals surface area contributed by atoms with E-state index >= 15 is 0 Å². The maximum atomic E-state index is 12.5. The molecule has 10 heteroatoms. The van der Waals surface area contributed by atoms with Gasteiger partial charge in [-0.05, 0) is 30.3 Å². The highest BCUT2D eigenvalue weighted by atomic mass is 32.2. The van der Waals surface area contributed by atoms with Crippen molar-refractivity contribution in [2.45, 2.75) is 24.4 Å². The third-order valence-electron chi connectivity index (χ3n) is 5.79. The summed E-state index contributed by atoms with van der Waals surface area (Å²) in [6.07, 6.45) is 0.0352. The summed E-state index contributed by atoms with van der Waals surface area (Å²) in [5.41, 5.74) is 2.24. The van der Waals surface area contributed by atoms with E-state index in [0.717, 1.165) is 38.3 Å². The van der Waals surface area contributed by atoms with Crippen LogP contribution in [0.3, 0.4) is 0 Å². The number of benzene rings is 2. The van der Waals surface area contributed by atoms with Gasteiger partial charge in [0.05, 0.1) is 19.1 Å². The average Bonchev–Trinajstić information content (AvgIpc) is 2.84. The van der Waals surface area contributed by atoms with Gasteiger partial charge >= 0.3 is 0 Å². The van der Waals surface area contributed by atoms with Crippen molar-refractivity contribution in [1.29, 1.82) is 0 Å². The number of rotatable bonds is 11. The minimum Gasteiger partial charge on any atom is -0.493 e. The van der Waals surface area contributed by atoms with Gasteiger partial charge in [0.1, 0.15) is 0 Å². The molecule has 0 spiro atoms. The molecule has 2 aromatic rings. The third-order valence-corrected chi connectivity index (χ3v) is 7.25. The molecule has 1 aliphatic rings. The molecule has 0 unspecified atom stereocenters. The molecule has 1 aliphatic heterocycles. The molecule has 0 aliphatic carbocycles. The topological polar surface area (TPSA) is 100 Å². The van der Waals surface area contributed by atoms with E-state index in [-0.39, 0.29) is 23.8 Å². The Labute approximate surface area is 202 Å². The van der Waals surface area contributed by atoms with Gasteiger partial charge in [-0.3, -0.25) is 9.69 Å². The second-order valence-electron chi connectivity index (χ2n) is 8.34. The Bertz CT molecular complexity index is 1070. The highest BCUT2D eigenvalue weighted by molar-refractivity contribution is 7.89. The van der Waals surface area contributed by atoms with E-state index in [1.54, 1.807) is 0 Å². The Morgan fingerprint density at radius 3 is 2.38 bits per heavy atom. The van der Waals surface area contributed by atoms with E-state index in [0.29, 0.717) is 18.0 Å².